The number of ether oxygens (including phenoxy) is 2. The van der Waals surface area contributed by atoms with Crippen molar-refractivity contribution in [1.29, 1.82) is 0 Å². The number of nitrogens with one attached hydrogen (secondary N) is 2. The summed E-state index contributed by atoms with van der Waals surface area (Å²) in [7, 11) is 1.43. The Morgan fingerprint density at radius 1 is 1.25 bits per heavy atom. The van der Waals surface area contributed by atoms with E-state index in [9.17, 15) is 14.0 Å². The highest BCUT2D eigenvalue weighted by Gasteiger charge is 2.25. The predicted molar refractivity (Wildman–Crippen MR) is 88.1 cm³/mol. The maximum absolute atomic E-state index is 14.1. The van der Waals surface area contributed by atoms with Gasteiger partial charge in [-0.1, -0.05) is 17.7 Å². The molecule has 1 aromatic carbocycles. The van der Waals surface area contributed by atoms with Crippen LogP contribution in [0.3, 0.4) is 0 Å². The molecule has 0 heterocycles. The number of benzene rings is 1. The average molecular weight is 340 g/mol. The van der Waals surface area contributed by atoms with Gasteiger partial charge in [0.25, 0.3) is 0 Å². The van der Waals surface area contributed by atoms with Crippen LogP contribution in [0.15, 0.2) is 18.2 Å². The zero-order valence-corrected chi connectivity index (χ0v) is 14.7. The Labute approximate surface area is 141 Å². The van der Waals surface area contributed by atoms with Crippen molar-refractivity contribution in [3.8, 4) is 0 Å². The highest BCUT2D eigenvalue weighted by Crippen LogP contribution is 2.21. The van der Waals surface area contributed by atoms with E-state index in [2.05, 4.69) is 10.6 Å². The molecule has 0 saturated carbocycles. The molecule has 24 heavy (non-hydrogen) atoms. The van der Waals surface area contributed by atoms with E-state index in [4.69, 9.17) is 9.47 Å². The molecule has 0 bridgehead atoms. The van der Waals surface area contributed by atoms with E-state index >= 15 is 0 Å². The van der Waals surface area contributed by atoms with Crippen molar-refractivity contribution in [2.24, 2.45) is 0 Å². The Morgan fingerprint density at radius 3 is 2.50 bits per heavy atom. The fourth-order valence-corrected chi connectivity index (χ4v) is 2.04. The summed E-state index contributed by atoms with van der Waals surface area (Å²) < 4.78 is 24.1. The zero-order valence-electron chi connectivity index (χ0n) is 14.7. The SMILES string of the molecule is COCNC(=O)C(CNC(=O)OC(C)(C)C)c1cc(C)ccc1F. The summed E-state index contributed by atoms with van der Waals surface area (Å²) in [6.45, 7) is 6.90. The molecule has 0 spiro atoms. The summed E-state index contributed by atoms with van der Waals surface area (Å²) in [5.74, 6) is -1.85. The molecule has 7 heteroatoms. The first-order valence-corrected chi connectivity index (χ1v) is 7.63. The number of alkyl carbamates (subject to hydrolysis) is 1. The van der Waals surface area contributed by atoms with Crippen molar-refractivity contribution in [3.63, 3.8) is 0 Å². The van der Waals surface area contributed by atoms with Gasteiger partial charge in [-0.15, -0.1) is 0 Å². The van der Waals surface area contributed by atoms with Gasteiger partial charge in [0.15, 0.2) is 0 Å². The van der Waals surface area contributed by atoms with Crippen molar-refractivity contribution in [2.75, 3.05) is 20.4 Å². The van der Waals surface area contributed by atoms with Crippen molar-refractivity contribution in [1.82, 2.24) is 10.6 Å². The molecule has 0 aliphatic carbocycles. The van der Waals surface area contributed by atoms with Crippen LogP contribution in [-0.2, 0) is 14.3 Å². The Bertz CT molecular complexity index is 584. The van der Waals surface area contributed by atoms with E-state index < -0.39 is 29.3 Å². The van der Waals surface area contributed by atoms with Gasteiger partial charge in [0.05, 0.1) is 5.92 Å². The molecule has 0 aromatic heterocycles. The summed E-state index contributed by atoms with van der Waals surface area (Å²) in [5, 5.41) is 5.04. The van der Waals surface area contributed by atoms with Crippen LogP contribution in [0.2, 0.25) is 0 Å². The van der Waals surface area contributed by atoms with Gasteiger partial charge in [0.1, 0.15) is 18.1 Å². The second kappa shape index (κ2) is 8.63. The van der Waals surface area contributed by atoms with E-state index in [1.807, 2.05) is 0 Å². The monoisotopic (exact) mass is 340 g/mol. The maximum Gasteiger partial charge on any atom is 0.407 e. The van der Waals surface area contributed by atoms with Crippen molar-refractivity contribution in [2.45, 2.75) is 39.2 Å². The van der Waals surface area contributed by atoms with Gasteiger partial charge in [0.2, 0.25) is 5.91 Å². The number of aryl methyl sites for hydroxylation is 1. The minimum Gasteiger partial charge on any atom is -0.444 e. The largest absolute Gasteiger partial charge is 0.444 e. The zero-order chi connectivity index (χ0) is 18.3. The molecule has 134 valence electrons. The quantitative estimate of drug-likeness (QED) is 0.780. The minimum absolute atomic E-state index is 0.00476. The number of amides is 2. The normalized spacial score (nSPS) is 12.4. The van der Waals surface area contributed by atoms with Gasteiger partial charge in [-0.05, 0) is 33.8 Å². The Morgan fingerprint density at radius 2 is 1.92 bits per heavy atom. The fraction of sp³-hybridized carbons (Fsp3) is 0.529. The van der Waals surface area contributed by atoms with Gasteiger partial charge >= 0.3 is 6.09 Å². The molecule has 0 radical (unpaired) electrons. The lowest BCUT2D eigenvalue weighted by Crippen LogP contribution is -2.40. The molecule has 2 amide bonds. The molecular weight excluding hydrogens is 315 g/mol. The number of halogens is 1. The van der Waals surface area contributed by atoms with Gasteiger partial charge in [0, 0.05) is 19.2 Å². The summed E-state index contributed by atoms with van der Waals surface area (Å²) in [4.78, 5) is 24.1. The van der Waals surface area contributed by atoms with Gasteiger partial charge < -0.3 is 20.1 Å². The van der Waals surface area contributed by atoms with Gasteiger partial charge in [-0.25, -0.2) is 9.18 Å². The maximum atomic E-state index is 14.1. The lowest BCUT2D eigenvalue weighted by atomic mass is 9.96. The van der Waals surface area contributed by atoms with E-state index in [1.165, 1.54) is 13.2 Å². The highest BCUT2D eigenvalue weighted by atomic mass is 19.1. The molecule has 0 saturated heterocycles. The standard InChI is InChI=1S/C17H25FN2O4/c1-11-6-7-14(18)12(8-11)13(15(21)20-10-23-5)9-19-16(22)24-17(2,3)4/h6-8,13H,9-10H2,1-5H3,(H,19,22)(H,20,21). The Balaban J connectivity index is 2.92. The molecule has 2 N–H and O–H groups in total. The van der Waals surface area contributed by atoms with Crippen LogP contribution in [0.5, 0.6) is 0 Å². The van der Waals surface area contributed by atoms with Crippen molar-refractivity contribution >= 4 is 12.0 Å². The highest BCUT2D eigenvalue weighted by molar-refractivity contribution is 5.84. The third-order valence-corrected chi connectivity index (χ3v) is 3.08. The van der Waals surface area contributed by atoms with Crippen LogP contribution >= 0.6 is 0 Å². The summed E-state index contributed by atoms with van der Waals surface area (Å²) in [5.41, 5.74) is 0.361. The van der Waals surface area contributed by atoms with Crippen LogP contribution in [0.4, 0.5) is 9.18 Å². The lowest BCUT2D eigenvalue weighted by Gasteiger charge is -2.22. The number of hydrogen-bond donors (Lipinski definition) is 2. The molecule has 1 atom stereocenters. The molecule has 0 aliphatic heterocycles. The van der Waals surface area contributed by atoms with Gasteiger partial charge in [-0.3, -0.25) is 4.79 Å². The van der Waals surface area contributed by atoms with Crippen LogP contribution in [0, 0.1) is 12.7 Å². The van der Waals surface area contributed by atoms with Crippen LogP contribution in [0.1, 0.15) is 37.8 Å². The minimum atomic E-state index is -0.896. The first-order chi connectivity index (χ1) is 11.1. The van der Waals surface area contributed by atoms with Crippen LogP contribution in [-0.4, -0.2) is 38.0 Å². The Kier molecular flexibility index (Phi) is 7.16. The van der Waals surface area contributed by atoms with E-state index in [-0.39, 0.29) is 18.8 Å². The second-order valence-corrected chi connectivity index (χ2v) is 6.43. The molecule has 1 unspecified atom stereocenters. The smallest absolute Gasteiger partial charge is 0.407 e. The first-order valence-electron chi connectivity index (χ1n) is 7.63. The third kappa shape index (κ3) is 6.54. The lowest BCUT2D eigenvalue weighted by molar-refractivity contribution is -0.124. The summed E-state index contributed by atoms with van der Waals surface area (Å²) in [6, 6.07) is 4.50. The summed E-state index contributed by atoms with van der Waals surface area (Å²) in [6.07, 6.45) is -0.667. The van der Waals surface area contributed by atoms with Crippen molar-refractivity contribution in [3.05, 3.63) is 35.1 Å². The average Bonchev–Trinajstić information content (AvgIpc) is 2.46. The second-order valence-electron chi connectivity index (χ2n) is 6.43. The predicted octanol–water partition coefficient (Wildman–Crippen LogP) is 2.46. The molecule has 0 fully saturated rings. The number of carbonyl (C=O) groups is 2. The van der Waals surface area contributed by atoms with Gasteiger partial charge in [-0.2, -0.15) is 0 Å². The Hall–Kier alpha value is -2.15. The number of rotatable bonds is 6. The van der Waals surface area contributed by atoms with E-state index in [0.29, 0.717) is 0 Å². The molecular formula is C17H25FN2O4. The van der Waals surface area contributed by atoms with E-state index in [0.717, 1.165) is 5.56 Å². The molecule has 0 aliphatic rings. The number of hydrogen-bond acceptors (Lipinski definition) is 4. The molecule has 1 aromatic rings. The number of methoxy groups -OCH3 is 1. The topological polar surface area (TPSA) is 76.7 Å². The first kappa shape index (κ1) is 19.9. The van der Waals surface area contributed by atoms with Crippen molar-refractivity contribution < 1.29 is 23.5 Å². The molecule has 1 rings (SSSR count). The van der Waals surface area contributed by atoms with Crippen LogP contribution in [0.25, 0.3) is 0 Å². The third-order valence-electron chi connectivity index (χ3n) is 3.08. The fourth-order valence-electron chi connectivity index (χ4n) is 2.04. The number of carbonyl (C=O) groups excluding carboxylic acids is 2. The molecule has 6 nitrogen and oxygen atoms in total. The van der Waals surface area contributed by atoms with Crippen LogP contribution < -0.4 is 10.6 Å². The van der Waals surface area contributed by atoms with E-state index in [1.54, 1.807) is 39.8 Å². The summed E-state index contributed by atoms with van der Waals surface area (Å²) >= 11 is 0.